The molecule has 0 aliphatic heterocycles. The van der Waals surface area contributed by atoms with Crippen molar-refractivity contribution in [1.82, 2.24) is 19.6 Å². The number of fused-ring (bicyclic) bond motifs is 1. The second kappa shape index (κ2) is 7.33. The topological polar surface area (TPSA) is 92.2 Å². The molecule has 0 aliphatic rings. The van der Waals surface area contributed by atoms with Crippen LogP contribution in [0.25, 0.3) is 5.78 Å². The fraction of sp³-hybridized carbons (Fsp3) is 0.333. The highest BCUT2D eigenvalue weighted by molar-refractivity contribution is 7.99. The first-order valence-corrected chi connectivity index (χ1v) is 9.32. The third-order valence-corrected chi connectivity index (χ3v) is 4.93. The Hall–Kier alpha value is -2.61. The predicted octanol–water partition coefficient (Wildman–Crippen LogP) is 2.89. The molecule has 7 nitrogen and oxygen atoms in total. The Balaban J connectivity index is 1.78. The normalized spacial score (nSPS) is 11.3. The number of carbonyl (C=O) groups is 1. The van der Waals surface area contributed by atoms with Crippen molar-refractivity contribution in [3.8, 4) is 0 Å². The molecule has 0 saturated carbocycles. The molecule has 0 unspecified atom stereocenters. The molecule has 26 heavy (non-hydrogen) atoms. The summed E-state index contributed by atoms with van der Waals surface area (Å²) >= 11 is 1.29. The molecule has 2 heterocycles. The lowest BCUT2D eigenvalue weighted by atomic mass is 10.1. The van der Waals surface area contributed by atoms with Crippen molar-refractivity contribution in [1.29, 1.82) is 0 Å². The van der Waals surface area contributed by atoms with Gasteiger partial charge >= 0.3 is 0 Å². The van der Waals surface area contributed by atoms with Crippen molar-refractivity contribution in [3.05, 3.63) is 51.4 Å². The zero-order chi connectivity index (χ0) is 18.8. The zero-order valence-corrected chi connectivity index (χ0v) is 16.0. The number of amides is 1. The Labute approximate surface area is 155 Å². The number of benzene rings is 1. The standard InChI is InChI=1S/C18H21N5O2S/c1-10(2)14-8-15(24)20-17-21-22-18(23(14)17)26-9-16(25)19-13-7-11(3)5-6-12(13)4/h5-8,10H,9H2,1-4H3,(H,19,25)(H,20,21,24). The largest absolute Gasteiger partial charge is 0.325 e. The molecular formula is C18H21N5O2S. The van der Waals surface area contributed by atoms with E-state index in [-0.39, 0.29) is 23.1 Å². The van der Waals surface area contributed by atoms with E-state index in [1.165, 1.54) is 11.8 Å². The van der Waals surface area contributed by atoms with Gasteiger partial charge in [-0.1, -0.05) is 37.7 Å². The van der Waals surface area contributed by atoms with Gasteiger partial charge in [-0.25, -0.2) is 0 Å². The summed E-state index contributed by atoms with van der Waals surface area (Å²) in [5.41, 5.74) is 3.52. The highest BCUT2D eigenvalue weighted by Crippen LogP contribution is 2.22. The SMILES string of the molecule is Cc1ccc(C)c(NC(=O)CSc2nnc3[nH]c(=O)cc(C(C)C)n23)c1. The third kappa shape index (κ3) is 3.80. The molecule has 0 aliphatic carbocycles. The number of aromatic nitrogens is 4. The Bertz CT molecular complexity index is 1020. The van der Waals surface area contributed by atoms with E-state index in [1.807, 2.05) is 45.9 Å². The second-order valence-electron chi connectivity index (χ2n) is 6.51. The van der Waals surface area contributed by atoms with Crippen molar-refractivity contribution in [2.24, 2.45) is 0 Å². The molecule has 1 amide bonds. The van der Waals surface area contributed by atoms with Gasteiger partial charge in [-0.2, -0.15) is 0 Å². The minimum atomic E-state index is -0.210. The summed E-state index contributed by atoms with van der Waals surface area (Å²) in [6.45, 7) is 7.94. The number of H-pyrrole nitrogens is 1. The van der Waals surface area contributed by atoms with Gasteiger partial charge in [0.2, 0.25) is 11.7 Å². The van der Waals surface area contributed by atoms with E-state index in [1.54, 1.807) is 10.5 Å². The Morgan fingerprint density at radius 1 is 1.27 bits per heavy atom. The lowest BCUT2D eigenvalue weighted by Crippen LogP contribution is -2.16. The molecule has 2 aromatic heterocycles. The molecule has 8 heteroatoms. The van der Waals surface area contributed by atoms with Gasteiger partial charge in [0.25, 0.3) is 5.56 Å². The van der Waals surface area contributed by atoms with Crippen LogP contribution in [-0.4, -0.2) is 31.2 Å². The van der Waals surface area contributed by atoms with E-state index in [0.717, 1.165) is 22.5 Å². The molecule has 0 bridgehead atoms. The molecule has 0 saturated heterocycles. The van der Waals surface area contributed by atoms with Crippen LogP contribution in [0.2, 0.25) is 0 Å². The fourth-order valence-corrected chi connectivity index (χ4v) is 3.39. The van der Waals surface area contributed by atoms with Crippen LogP contribution >= 0.6 is 11.8 Å². The lowest BCUT2D eigenvalue weighted by Gasteiger charge is -2.11. The third-order valence-electron chi connectivity index (χ3n) is 4.00. The number of anilines is 1. The average molecular weight is 371 g/mol. The van der Waals surface area contributed by atoms with Gasteiger partial charge in [-0.15, -0.1) is 10.2 Å². The molecule has 0 radical (unpaired) electrons. The first-order chi connectivity index (χ1) is 12.3. The summed E-state index contributed by atoms with van der Waals surface area (Å²) in [7, 11) is 0. The van der Waals surface area contributed by atoms with Gasteiger partial charge in [0.1, 0.15) is 0 Å². The fourth-order valence-electron chi connectivity index (χ4n) is 2.63. The molecule has 2 N–H and O–H groups in total. The molecule has 1 aromatic carbocycles. The Kier molecular flexibility index (Phi) is 5.13. The van der Waals surface area contributed by atoms with Crippen molar-refractivity contribution in [2.75, 3.05) is 11.1 Å². The highest BCUT2D eigenvalue weighted by atomic mass is 32.2. The summed E-state index contributed by atoms with van der Waals surface area (Å²) in [6.07, 6.45) is 0. The van der Waals surface area contributed by atoms with Gasteiger partial charge in [-0.3, -0.25) is 19.0 Å². The predicted molar refractivity (Wildman–Crippen MR) is 103 cm³/mol. The van der Waals surface area contributed by atoms with Crippen LogP contribution in [-0.2, 0) is 4.79 Å². The number of carbonyl (C=O) groups excluding carboxylic acids is 1. The van der Waals surface area contributed by atoms with Gasteiger partial charge in [0.05, 0.1) is 5.75 Å². The zero-order valence-electron chi connectivity index (χ0n) is 15.2. The van der Waals surface area contributed by atoms with Crippen molar-refractivity contribution in [3.63, 3.8) is 0 Å². The molecule has 3 rings (SSSR count). The molecular weight excluding hydrogens is 350 g/mol. The summed E-state index contributed by atoms with van der Waals surface area (Å²) in [4.78, 5) is 26.7. The minimum Gasteiger partial charge on any atom is -0.325 e. The van der Waals surface area contributed by atoms with Gasteiger partial charge in [0, 0.05) is 17.4 Å². The highest BCUT2D eigenvalue weighted by Gasteiger charge is 2.15. The number of hydrogen-bond donors (Lipinski definition) is 2. The molecule has 0 fully saturated rings. The van der Waals surface area contributed by atoms with Crippen LogP contribution in [0.4, 0.5) is 5.69 Å². The monoisotopic (exact) mass is 371 g/mol. The van der Waals surface area contributed by atoms with E-state index < -0.39 is 0 Å². The first-order valence-electron chi connectivity index (χ1n) is 8.33. The number of thioether (sulfide) groups is 1. The number of rotatable bonds is 5. The number of aromatic amines is 1. The smallest absolute Gasteiger partial charge is 0.252 e. The maximum absolute atomic E-state index is 12.3. The van der Waals surface area contributed by atoms with E-state index in [9.17, 15) is 9.59 Å². The van der Waals surface area contributed by atoms with Gasteiger partial charge < -0.3 is 5.32 Å². The van der Waals surface area contributed by atoms with Crippen LogP contribution < -0.4 is 10.9 Å². The van der Waals surface area contributed by atoms with Crippen molar-refractivity contribution >= 4 is 29.1 Å². The quantitative estimate of drug-likeness (QED) is 0.673. The van der Waals surface area contributed by atoms with E-state index in [2.05, 4.69) is 20.5 Å². The summed E-state index contributed by atoms with van der Waals surface area (Å²) in [5, 5.41) is 11.6. The second-order valence-corrected chi connectivity index (χ2v) is 7.45. The number of nitrogens with zero attached hydrogens (tertiary/aromatic N) is 3. The maximum atomic E-state index is 12.3. The molecule has 136 valence electrons. The van der Waals surface area contributed by atoms with Crippen molar-refractivity contribution in [2.45, 2.75) is 38.8 Å². The van der Waals surface area contributed by atoms with E-state index in [0.29, 0.717) is 10.9 Å². The van der Waals surface area contributed by atoms with Crippen LogP contribution in [0, 0.1) is 13.8 Å². The van der Waals surface area contributed by atoms with Crippen LogP contribution in [0.15, 0.2) is 34.2 Å². The number of hydrogen-bond acceptors (Lipinski definition) is 5. The van der Waals surface area contributed by atoms with Crippen LogP contribution in [0.3, 0.4) is 0 Å². The Morgan fingerprint density at radius 2 is 2.04 bits per heavy atom. The number of nitrogens with one attached hydrogen (secondary N) is 2. The van der Waals surface area contributed by atoms with E-state index in [4.69, 9.17) is 0 Å². The van der Waals surface area contributed by atoms with Crippen LogP contribution in [0.5, 0.6) is 0 Å². The lowest BCUT2D eigenvalue weighted by molar-refractivity contribution is -0.113. The maximum Gasteiger partial charge on any atom is 0.252 e. The van der Waals surface area contributed by atoms with Crippen LogP contribution in [0.1, 0.15) is 36.6 Å². The molecule has 0 spiro atoms. The molecule has 0 atom stereocenters. The molecule has 3 aromatic rings. The van der Waals surface area contributed by atoms with Gasteiger partial charge in [-0.05, 0) is 37.0 Å². The Morgan fingerprint density at radius 3 is 2.77 bits per heavy atom. The summed E-state index contributed by atoms with van der Waals surface area (Å²) < 4.78 is 1.79. The number of aryl methyl sites for hydroxylation is 2. The average Bonchev–Trinajstić information content (AvgIpc) is 2.98. The van der Waals surface area contributed by atoms with E-state index >= 15 is 0 Å². The minimum absolute atomic E-state index is 0.115. The summed E-state index contributed by atoms with van der Waals surface area (Å²) in [6, 6.07) is 7.49. The first kappa shape index (κ1) is 18.2. The summed E-state index contributed by atoms with van der Waals surface area (Å²) in [5.74, 6) is 0.596. The van der Waals surface area contributed by atoms with Crippen molar-refractivity contribution < 1.29 is 4.79 Å². The van der Waals surface area contributed by atoms with Gasteiger partial charge in [0.15, 0.2) is 5.16 Å².